The van der Waals surface area contributed by atoms with E-state index in [0.29, 0.717) is 13.1 Å². The van der Waals surface area contributed by atoms with Crippen LogP contribution in [0.1, 0.15) is 12.0 Å². The van der Waals surface area contributed by atoms with Gasteiger partial charge in [0.25, 0.3) is 0 Å². The summed E-state index contributed by atoms with van der Waals surface area (Å²) >= 11 is 0. The van der Waals surface area contributed by atoms with Gasteiger partial charge >= 0.3 is 0 Å². The molecule has 1 unspecified atom stereocenters. The van der Waals surface area contributed by atoms with E-state index < -0.39 is 0 Å². The SMILES string of the molecule is COc1ccc(C[N]N2CCC(O)C2)cc1. The molecule has 4 heteroatoms. The Labute approximate surface area is 95.8 Å². The second kappa shape index (κ2) is 5.30. The molecule has 1 aliphatic heterocycles. The quantitative estimate of drug-likeness (QED) is 0.817. The highest BCUT2D eigenvalue weighted by Crippen LogP contribution is 2.12. The van der Waals surface area contributed by atoms with Crippen molar-refractivity contribution in [2.45, 2.75) is 19.1 Å². The molecule has 1 N–H and O–H groups in total. The van der Waals surface area contributed by atoms with Crippen LogP contribution in [0.5, 0.6) is 5.75 Å². The second-order valence-electron chi connectivity index (χ2n) is 4.00. The van der Waals surface area contributed by atoms with Gasteiger partial charge < -0.3 is 9.84 Å². The molecular formula is C12H17N2O2. The maximum Gasteiger partial charge on any atom is 0.118 e. The van der Waals surface area contributed by atoms with E-state index in [9.17, 15) is 5.11 Å². The largest absolute Gasteiger partial charge is 0.497 e. The lowest BCUT2D eigenvalue weighted by atomic mass is 10.2. The Bertz CT molecular complexity index is 326. The molecule has 1 aliphatic rings. The standard InChI is InChI=1S/C12H17N2O2/c1-16-12-4-2-10(3-5-12)8-13-14-7-6-11(15)9-14/h2-5,11,15H,6-9H2,1H3. The van der Waals surface area contributed by atoms with Crippen molar-refractivity contribution in [3.05, 3.63) is 29.8 Å². The third kappa shape index (κ3) is 2.95. The summed E-state index contributed by atoms with van der Waals surface area (Å²) < 4.78 is 5.09. The molecule has 87 valence electrons. The number of β-amino-alcohol motifs (C(OH)–C–C–N with tert-alkyl or cyclic N) is 1. The average Bonchev–Trinajstić information content (AvgIpc) is 2.73. The molecule has 1 heterocycles. The van der Waals surface area contributed by atoms with Crippen LogP contribution < -0.4 is 10.2 Å². The molecular weight excluding hydrogens is 204 g/mol. The van der Waals surface area contributed by atoms with E-state index in [-0.39, 0.29) is 6.10 Å². The zero-order valence-electron chi connectivity index (χ0n) is 9.47. The molecule has 1 aromatic rings. The van der Waals surface area contributed by atoms with Crippen LogP contribution in [-0.2, 0) is 6.54 Å². The van der Waals surface area contributed by atoms with Gasteiger partial charge in [-0.3, -0.25) is 0 Å². The van der Waals surface area contributed by atoms with E-state index in [2.05, 4.69) is 5.43 Å². The molecule has 0 amide bonds. The van der Waals surface area contributed by atoms with Gasteiger partial charge in [-0.05, 0) is 24.1 Å². The smallest absolute Gasteiger partial charge is 0.118 e. The maximum atomic E-state index is 9.35. The van der Waals surface area contributed by atoms with Crippen LogP contribution in [0.15, 0.2) is 24.3 Å². The van der Waals surface area contributed by atoms with E-state index in [1.165, 1.54) is 0 Å². The minimum absolute atomic E-state index is 0.209. The van der Waals surface area contributed by atoms with Crippen LogP contribution in [0.3, 0.4) is 0 Å². The first-order valence-corrected chi connectivity index (χ1v) is 5.51. The molecule has 0 saturated carbocycles. The molecule has 16 heavy (non-hydrogen) atoms. The minimum Gasteiger partial charge on any atom is -0.497 e. The molecule has 0 bridgehead atoms. The zero-order chi connectivity index (χ0) is 11.4. The monoisotopic (exact) mass is 221 g/mol. The first kappa shape index (κ1) is 11.4. The van der Waals surface area contributed by atoms with Gasteiger partial charge in [0, 0.05) is 13.1 Å². The Balaban J connectivity index is 1.80. The van der Waals surface area contributed by atoms with Crippen LogP contribution in [0.4, 0.5) is 0 Å². The Morgan fingerprint density at radius 3 is 2.75 bits per heavy atom. The highest BCUT2D eigenvalue weighted by Gasteiger charge is 2.20. The highest BCUT2D eigenvalue weighted by atomic mass is 16.5. The molecule has 0 aliphatic carbocycles. The number of nitrogens with zero attached hydrogens (tertiary/aromatic N) is 2. The van der Waals surface area contributed by atoms with Crippen LogP contribution in [0.25, 0.3) is 0 Å². The number of hydrogen-bond acceptors (Lipinski definition) is 3. The van der Waals surface area contributed by atoms with Crippen LogP contribution in [-0.4, -0.2) is 36.4 Å². The molecule has 0 aromatic heterocycles. The predicted molar refractivity (Wildman–Crippen MR) is 61.0 cm³/mol. The van der Waals surface area contributed by atoms with Crippen molar-refractivity contribution < 1.29 is 9.84 Å². The lowest BCUT2D eigenvalue weighted by Crippen LogP contribution is -2.30. The fourth-order valence-electron chi connectivity index (χ4n) is 1.76. The van der Waals surface area contributed by atoms with Crippen LogP contribution in [0, 0.1) is 0 Å². The van der Waals surface area contributed by atoms with E-state index >= 15 is 0 Å². The van der Waals surface area contributed by atoms with Gasteiger partial charge in [0.1, 0.15) is 5.75 Å². The number of aliphatic hydroxyl groups is 1. The molecule has 1 atom stereocenters. The molecule has 1 radical (unpaired) electrons. The summed E-state index contributed by atoms with van der Waals surface area (Å²) in [5.74, 6) is 0.861. The van der Waals surface area contributed by atoms with E-state index in [4.69, 9.17) is 4.74 Å². The number of hydrogen-bond donors (Lipinski definition) is 1. The summed E-state index contributed by atoms with van der Waals surface area (Å²) in [6, 6.07) is 7.89. The summed E-state index contributed by atoms with van der Waals surface area (Å²) in [5, 5.41) is 11.3. The highest BCUT2D eigenvalue weighted by molar-refractivity contribution is 5.26. The zero-order valence-corrected chi connectivity index (χ0v) is 9.47. The molecule has 4 nitrogen and oxygen atoms in total. The van der Waals surface area contributed by atoms with Crippen molar-refractivity contribution in [2.75, 3.05) is 20.2 Å². The Hall–Kier alpha value is -1.10. The molecule has 1 saturated heterocycles. The van der Waals surface area contributed by atoms with Gasteiger partial charge in [-0.2, -0.15) is 5.43 Å². The topological polar surface area (TPSA) is 46.8 Å². The molecule has 2 rings (SSSR count). The van der Waals surface area contributed by atoms with Gasteiger partial charge in [-0.25, -0.2) is 5.01 Å². The van der Waals surface area contributed by atoms with Crippen LogP contribution in [0.2, 0.25) is 0 Å². The van der Waals surface area contributed by atoms with Gasteiger partial charge in [0.15, 0.2) is 0 Å². The predicted octanol–water partition coefficient (Wildman–Crippen LogP) is 0.781. The summed E-state index contributed by atoms with van der Waals surface area (Å²) in [6.45, 7) is 2.18. The maximum absolute atomic E-state index is 9.35. The Kier molecular flexibility index (Phi) is 3.77. The van der Waals surface area contributed by atoms with Gasteiger partial charge in [0.2, 0.25) is 0 Å². The lowest BCUT2D eigenvalue weighted by molar-refractivity contribution is 0.150. The molecule has 1 aromatic carbocycles. The fourth-order valence-corrected chi connectivity index (χ4v) is 1.76. The number of benzene rings is 1. The number of ether oxygens (including phenoxy) is 1. The van der Waals surface area contributed by atoms with Crippen molar-refractivity contribution in [1.82, 2.24) is 10.4 Å². The third-order valence-corrected chi connectivity index (χ3v) is 2.75. The summed E-state index contributed by atoms with van der Waals surface area (Å²) in [5.41, 5.74) is 5.59. The van der Waals surface area contributed by atoms with Gasteiger partial charge in [0.05, 0.1) is 19.8 Å². The normalized spacial score (nSPS) is 21.2. The van der Waals surface area contributed by atoms with E-state index in [1.54, 1.807) is 7.11 Å². The fraction of sp³-hybridized carbons (Fsp3) is 0.500. The average molecular weight is 221 g/mol. The Morgan fingerprint density at radius 2 is 2.19 bits per heavy atom. The van der Waals surface area contributed by atoms with E-state index in [0.717, 1.165) is 24.3 Å². The number of rotatable bonds is 4. The Morgan fingerprint density at radius 1 is 1.44 bits per heavy atom. The second-order valence-corrected chi connectivity index (χ2v) is 4.00. The lowest BCUT2D eigenvalue weighted by Gasteiger charge is -2.13. The third-order valence-electron chi connectivity index (χ3n) is 2.75. The van der Waals surface area contributed by atoms with Crippen molar-refractivity contribution >= 4 is 0 Å². The molecule has 1 fully saturated rings. The van der Waals surface area contributed by atoms with Crippen molar-refractivity contribution in [2.24, 2.45) is 0 Å². The summed E-state index contributed by atoms with van der Waals surface area (Å²) in [4.78, 5) is 0. The molecule has 0 spiro atoms. The number of methoxy groups -OCH3 is 1. The van der Waals surface area contributed by atoms with Crippen LogP contribution >= 0.6 is 0 Å². The summed E-state index contributed by atoms with van der Waals surface area (Å²) in [6.07, 6.45) is 0.617. The van der Waals surface area contributed by atoms with Gasteiger partial charge in [-0.15, -0.1) is 0 Å². The summed E-state index contributed by atoms with van der Waals surface area (Å²) in [7, 11) is 1.66. The number of aliphatic hydroxyl groups excluding tert-OH is 1. The van der Waals surface area contributed by atoms with Crippen molar-refractivity contribution in [3.8, 4) is 5.75 Å². The first-order chi connectivity index (χ1) is 7.78. The van der Waals surface area contributed by atoms with Crippen molar-refractivity contribution in [1.29, 1.82) is 0 Å². The van der Waals surface area contributed by atoms with E-state index in [1.807, 2.05) is 29.3 Å². The first-order valence-electron chi connectivity index (χ1n) is 5.51. The minimum atomic E-state index is -0.209. The van der Waals surface area contributed by atoms with Gasteiger partial charge in [-0.1, -0.05) is 12.1 Å². The van der Waals surface area contributed by atoms with Crippen molar-refractivity contribution in [3.63, 3.8) is 0 Å².